The van der Waals surface area contributed by atoms with E-state index in [1.54, 1.807) is 4.90 Å². The number of aryl methyl sites for hydroxylation is 1. The number of carbonyl (C=O) groups excluding carboxylic acids is 2. The van der Waals surface area contributed by atoms with Crippen LogP contribution in [0.15, 0.2) is 24.3 Å². The van der Waals surface area contributed by atoms with Gasteiger partial charge in [0.15, 0.2) is 0 Å². The van der Waals surface area contributed by atoms with E-state index in [0.29, 0.717) is 19.6 Å². The van der Waals surface area contributed by atoms with Gasteiger partial charge >= 0.3 is 6.03 Å². The molecular formula is C19H30N4O2. The van der Waals surface area contributed by atoms with Crippen LogP contribution in [-0.2, 0) is 4.79 Å². The molecule has 1 aliphatic heterocycles. The van der Waals surface area contributed by atoms with Crippen LogP contribution in [0.2, 0.25) is 0 Å². The molecule has 2 atom stereocenters. The molecule has 1 unspecified atom stereocenters. The molecule has 1 saturated heterocycles. The lowest BCUT2D eigenvalue weighted by Crippen LogP contribution is -2.48. The SMILES string of the molecule is CCN[C@H](C)CNC(=O)C1CCCN(C(=O)Nc2cccc(C)c2)C1. The number of likely N-dealkylation sites (N-methyl/N-ethyl adjacent to an activating group) is 1. The molecule has 1 heterocycles. The van der Waals surface area contributed by atoms with Crippen molar-refractivity contribution in [2.24, 2.45) is 5.92 Å². The van der Waals surface area contributed by atoms with Crippen molar-refractivity contribution in [3.63, 3.8) is 0 Å². The van der Waals surface area contributed by atoms with Gasteiger partial charge in [0.1, 0.15) is 0 Å². The number of nitrogens with one attached hydrogen (secondary N) is 3. The Bertz CT molecular complexity index is 591. The van der Waals surface area contributed by atoms with Gasteiger partial charge in [-0.05, 0) is 50.9 Å². The van der Waals surface area contributed by atoms with Crippen LogP contribution in [0.25, 0.3) is 0 Å². The van der Waals surface area contributed by atoms with Gasteiger partial charge in [0.05, 0.1) is 5.92 Å². The number of urea groups is 1. The first-order chi connectivity index (χ1) is 12.0. The highest BCUT2D eigenvalue weighted by Crippen LogP contribution is 2.18. The number of anilines is 1. The monoisotopic (exact) mass is 346 g/mol. The molecular weight excluding hydrogens is 316 g/mol. The van der Waals surface area contributed by atoms with Crippen LogP contribution < -0.4 is 16.0 Å². The smallest absolute Gasteiger partial charge is 0.321 e. The number of hydrogen-bond acceptors (Lipinski definition) is 3. The molecule has 3 amide bonds. The van der Waals surface area contributed by atoms with Crippen molar-refractivity contribution in [2.45, 2.75) is 39.7 Å². The number of hydrogen-bond donors (Lipinski definition) is 3. The minimum atomic E-state index is -0.135. The highest BCUT2D eigenvalue weighted by Gasteiger charge is 2.28. The number of piperidine rings is 1. The Morgan fingerprint density at radius 3 is 2.88 bits per heavy atom. The first-order valence-electron chi connectivity index (χ1n) is 9.13. The van der Waals surface area contributed by atoms with Gasteiger partial charge in [0, 0.05) is 31.4 Å². The van der Waals surface area contributed by atoms with Crippen LogP contribution in [0.3, 0.4) is 0 Å². The van der Waals surface area contributed by atoms with Crippen molar-refractivity contribution < 1.29 is 9.59 Å². The summed E-state index contributed by atoms with van der Waals surface area (Å²) in [5, 5.41) is 9.19. The van der Waals surface area contributed by atoms with Crippen LogP contribution in [0.1, 0.15) is 32.3 Å². The second-order valence-electron chi connectivity index (χ2n) is 6.79. The second-order valence-corrected chi connectivity index (χ2v) is 6.79. The van der Waals surface area contributed by atoms with Gasteiger partial charge in [-0.25, -0.2) is 4.79 Å². The van der Waals surface area contributed by atoms with Crippen LogP contribution in [0.5, 0.6) is 0 Å². The summed E-state index contributed by atoms with van der Waals surface area (Å²) in [6.45, 7) is 8.74. The van der Waals surface area contributed by atoms with Crippen molar-refractivity contribution in [3.8, 4) is 0 Å². The molecule has 1 aromatic carbocycles. The number of amides is 3. The minimum Gasteiger partial charge on any atom is -0.354 e. The summed E-state index contributed by atoms with van der Waals surface area (Å²) in [5.41, 5.74) is 1.89. The third kappa shape index (κ3) is 6.05. The lowest BCUT2D eigenvalue weighted by molar-refractivity contribution is -0.126. The molecule has 0 radical (unpaired) electrons. The fourth-order valence-corrected chi connectivity index (χ4v) is 3.12. The maximum atomic E-state index is 12.5. The van der Waals surface area contributed by atoms with E-state index in [9.17, 15) is 9.59 Å². The fourth-order valence-electron chi connectivity index (χ4n) is 3.12. The average molecular weight is 346 g/mol. The van der Waals surface area contributed by atoms with Crippen molar-refractivity contribution in [2.75, 3.05) is 31.5 Å². The zero-order chi connectivity index (χ0) is 18.2. The minimum absolute atomic E-state index is 0.0396. The third-order valence-electron chi connectivity index (χ3n) is 4.48. The summed E-state index contributed by atoms with van der Waals surface area (Å²) in [7, 11) is 0. The molecule has 0 spiro atoms. The Morgan fingerprint density at radius 2 is 2.16 bits per heavy atom. The van der Waals surface area contributed by atoms with Gasteiger partial charge in [-0.1, -0.05) is 19.1 Å². The number of nitrogens with zero attached hydrogens (tertiary/aromatic N) is 1. The Kier molecular flexibility index (Phi) is 7.25. The quantitative estimate of drug-likeness (QED) is 0.740. The van der Waals surface area contributed by atoms with Crippen LogP contribution in [0, 0.1) is 12.8 Å². The standard InChI is InChI=1S/C19H30N4O2/c1-4-20-15(3)12-21-18(24)16-8-6-10-23(13-16)19(25)22-17-9-5-7-14(2)11-17/h5,7,9,11,15-16,20H,4,6,8,10,12-13H2,1-3H3,(H,21,24)(H,22,25)/t15-,16?/m1/s1. The van der Waals surface area contributed by atoms with E-state index in [0.717, 1.165) is 30.6 Å². The Morgan fingerprint density at radius 1 is 1.36 bits per heavy atom. The van der Waals surface area contributed by atoms with Gasteiger partial charge < -0.3 is 20.9 Å². The predicted octanol–water partition coefficient (Wildman–Crippen LogP) is 2.35. The van der Waals surface area contributed by atoms with E-state index in [2.05, 4.69) is 16.0 Å². The van der Waals surface area contributed by atoms with Gasteiger partial charge in [-0.3, -0.25) is 4.79 Å². The van der Waals surface area contributed by atoms with E-state index in [1.807, 2.05) is 45.0 Å². The molecule has 1 aromatic rings. The normalized spacial score (nSPS) is 18.5. The van der Waals surface area contributed by atoms with Gasteiger partial charge in [0.25, 0.3) is 0 Å². The number of benzene rings is 1. The molecule has 0 aliphatic carbocycles. The van der Waals surface area contributed by atoms with Crippen molar-refractivity contribution in [1.29, 1.82) is 0 Å². The maximum Gasteiger partial charge on any atom is 0.321 e. The van der Waals surface area contributed by atoms with Crippen molar-refractivity contribution in [3.05, 3.63) is 29.8 Å². The molecule has 6 heteroatoms. The highest BCUT2D eigenvalue weighted by atomic mass is 16.2. The zero-order valence-electron chi connectivity index (χ0n) is 15.5. The van der Waals surface area contributed by atoms with E-state index in [1.165, 1.54) is 0 Å². The molecule has 0 aromatic heterocycles. The van der Waals surface area contributed by atoms with Crippen molar-refractivity contribution in [1.82, 2.24) is 15.5 Å². The molecule has 0 bridgehead atoms. The summed E-state index contributed by atoms with van der Waals surface area (Å²) >= 11 is 0. The molecule has 1 fully saturated rings. The van der Waals surface area contributed by atoms with Gasteiger partial charge in [-0.2, -0.15) is 0 Å². The topological polar surface area (TPSA) is 73.5 Å². The molecule has 0 saturated carbocycles. The molecule has 1 aliphatic rings. The summed E-state index contributed by atoms with van der Waals surface area (Å²) in [4.78, 5) is 26.6. The lowest BCUT2D eigenvalue weighted by atomic mass is 9.97. The first kappa shape index (κ1) is 19.2. The van der Waals surface area contributed by atoms with Crippen LogP contribution in [-0.4, -0.2) is 49.1 Å². The Labute approximate surface area is 150 Å². The molecule has 138 valence electrons. The van der Waals surface area contributed by atoms with Crippen LogP contribution in [0.4, 0.5) is 10.5 Å². The summed E-state index contributed by atoms with van der Waals surface area (Å²) in [6, 6.07) is 7.84. The molecule has 2 rings (SSSR count). The first-order valence-corrected chi connectivity index (χ1v) is 9.13. The zero-order valence-corrected chi connectivity index (χ0v) is 15.5. The summed E-state index contributed by atoms with van der Waals surface area (Å²) in [5.74, 6) is -0.0938. The molecule has 6 nitrogen and oxygen atoms in total. The van der Waals surface area contributed by atoms with E-state index in [4.69, 9.17) is 0 Å². The summed E-state index contributed by atoms with van der Waals surface area (Å²) in [6.07, 6.45) is 1.68. The van der Waals surface area contributed by atoms with E-state index >= 15 is 0 Å². The Balaban J connectivity index is 1.85. The maximum absolute atomic E-state index is 12.5. The number of likely N-dealkylation sites (tertiary alicyclic amines) is 1. The Hall–Kier alpha value is -2.08. The molecule has 25 heavy (non-hydrogen) atoms. The fraction of sp³-hybridized carbons (Fsp3) is 0.579. The number of carbonyl (C=O) groups is 2. The number of rotatable bonds is 6. The largest absolute Gasteiger partial charge is 0.354 e. The average Bonchev–Trinajstić information content (AvgIpc) is 2.60. The van der Waals surface area contributed by atoms with E-state index < -0.39 is 0 Å². The van der Waals surface area contributed by atoms with Crippen LogP contribution >= 0.6 is 0 Å². The highest BCUT2D eigenvalue weighted by molar-refractivity contribution is 5.90. The predicted molar refractivity (Wildman–Crippen MR) is 101 cm³/mol. The lowest BCUT2D eigenvalue weighted by Gasteiger charge is -2.32. The van der Waals surface area contributed by atoms with Gasteiger partial charge in [-0.15, -0.1) is 0 Å². The van der Waals surface area contributed by atoms with Crippen molar-refractivity contribution >= 4 is 17.6 Å². The summed E-state index contributed by atoms with van der Waals surface area (Å²) < 4.78 is 0. The van der Waals surface area contributed by atoms with Gasteiger partial charge in [0.2, 0.25) is 5.91 Å². The molecule has 3 N–H and O–H groups in total. The van der Waals surface area contributed by atoms with E-state index in [-0.39, 0.29) is 23.9 Å². The second kappa shape index (κ2) is 9.42. The third-order valence-corrected chi connectivity index (χ3v) is 4.48.